The van der Waals surface area contributed by atoms with Crippen molar-refractivity contribution >= 4 is 0 Å². The summed E-state index contributed by atoms with van der Waals surface area (Å²) in [5, 5.41) is 3.26. The highest BCUT2D eigenvalue weighted by atomic mass is 19.1. The van der Waals surface area contributed by atoms with E-state index in [4.69, 9.17) is 4.74 Å². The number of benzene rings is 1. The molecule has 0 radical (unpaired) electrons. The number of hydrogen-bond donors (Lipinski definition) is 1. The average molecular weight is 255 g/mol. The SMILES string of the molecule is COCc1ccc(F)c(CC2CCCNC2)c1F. The summed E-state index contributed by atoms with van der Waals surface area (Å²) in [6.07, 6.45) is 2.56. The fourth-order valence-electron chi connectivity index (χ4n) is 2.49. The van der Waals surface area contributed by atoms with Gasteiger partial charge in [0, 0.05) is 18.2 Å². The van der Waals surface area contributed by atoms with Gasteiger partial charge in [-0.05, 0) is 44.3 Å². The van der Waals surface area contributed by atoms with E-state index in [2.05, 4.69) is 5.32 Å². The third-order valence-electron chi connectivity index (χ3n) is 3.46. The maximum atomic E-state index is 14.1. The van der Waals surface area contributed by atoms with Crippen molar-refractivity contribution in [3.05, 3.63) is 34.9 Å². The zero-order valence-electron chi connectivity index (χ0n) is 10.6. The zero-order chi connectivity index (χ0) is 13.0. The third kappa shape index (κ3) is 3.06. The zero-order valence-corrected chi connectivity index (χ0v) is 10.6. The highest BCUT2D eigenvalue weighted by molar-refractivity contribution is 5.27. The second kappa shape index (κ2) is 6.25. The number of piperidine rings is 1. The number of hydrogen-bond acceptors (Lipinski definition) is 2. The Morgan fingerprint density at radius 2 is 2.22 bits per heavy atom. The summed E-state index contributed by atoms with van der Waals surface area (Å²) in [5.41, 5.74) is 0.635. The fourth-order valence-corrected chi connectivity index (χ4v) is 2.49. The molecule has 2 nitrogen and oxygen atoms in total. The first-order valence-electron chi connectivity index (χ1n) is 6.37. The van der Waals surface area contributed by atoms with Crippen LogP contribution < -0.4 is 5.32 Å². The van der Waals surface area contributed by atoms with Gasteiger partial charge in [-0.15, -0.1) is 0 Å². The van der Waals surface area contributed by atoms with Gasteiger partial charge in [0.25, 0.3) is 0 Å². The largest absolute Gasteiger partial charge is 0.380 e. The van der Waals surface area contributed by atoms with Crippen LogP contribution in [0.3, 0.4) is 0 Å². The first kappa shape index (κ1) is 13.4. The Kier molecular flexibility index (Phi) is 4.66. The highest BCUT2D eigenvalue weighted by Crippen LogP contribution is 2.23. The van der Waals surface area contributed by atoms with E-state index in [1.54, 1.807) is 0 Å². The van der Waals surface area contributed by atoms with Gasteiger partial charge >= 0.3 is 0 Å². The van der Waals surface area contributed by atoms with Gasteiger partial charge in [-0.3, -0.25) is 0 Å². The highest BCUT2D eigenvalue weighted by Gasteiger charge is 2.20. The van der Waals surface area contributed by atoms with E-state index in [-0.39, 0.29) is 12.2 Å². The molecule has 1 unspecified atom stereocenters. The Hall–Kier alpha value is -1.00. The molecule has 1 saturated heterocycles. The lowest BCUT2D eigenvalue weighted by Gasteiger charge is -2.23. The van der Waals surface area contributed by atoms with Gasteiger partial charge in [0.2, 0.25) is 0 Å². The van der Waals surface area contributed by atoms with Gasteiger partial charge in [0.05, 0.1) is 6.61 Å². The van der Waals surface area contributed by atoms with Crippen LogP contribution in [0.5, 0.6) is 0 Å². The molecule has 0 aromatic heterocycles. The molecule has 1 atom stereocenters. The molecule has 1 aromatic carbocycles. The van der Waals surface area contributed by atoms with E-state index in [0.29, 0.717) is 17.9 Å². The summed E-state index contributed by atoms with van der Waals surface area (Å²) in [6, 6.07) is 2.79. The second-order valence-corrected chi connectivity index (χ2v) is 4.85. The Bertz CT molecular complexity index is 403. The van der Waals surface area contributed by atoms with Gasteiger partial charge in [0.1, 0.15) is 11.6 Å². The molecule has 0 spiro atoms. The molecule has 100 valence electrons. The smallest absolute Gasteiger partial charge is 0.134 e. The average Bonchev–Trinajstić information content (AvgIpc) is 2.39. The van der Waals surface area contributed by atoms with Crippen LogP contribution in [0, 0.1) is 17.6 Å². The van der Waals surface area contributed by atoms with E-state index >= 15 is 0 Å². The first-order valence-corrected chi connectivity index (χ1v) is 6.37. The van der Waals surface area contributed by atoms with Crippen LogP contribution in [0.15, 0.2) is 12.1 Å². The van der Waals surface area contributed by atoms with Crippen LogP contribution in [0.2, 0.25) is 0 Å². The van der Waals surface area contributed by atoms with Crippen LogP contribution >= 0.6 is 0 Å². The predicted molar refractivity (Wildman–Crippen MR) is 66.4 cm³/mol. The van der Waals surface area contributed by atoms with Gasteiger partial charge in [0.15, 0.2) is 0 Å². The van der Waals surface area contributed by atoms with E-state index in [9.17, 15) is 8.78 Å². The molecular formula is C14H19F2NO. The van der Waals surface area contributed by atoms with Gasteiger partial charge in [-0.2, -0.15) is 0 Å². The van der Waals surface area contributed by atoms with Gasteiger partial charge in [-0.25, -0.2) is 8.78 Å². The van der Waals surface area contributed by atoms with Crippen LogP contribution in [-0.2, 0) is 17.8 Å². The van der Waals surface area contributed by atoms with E-state index < -0.39 is 11.6 Å². The summed E-state index contributed by atoms with van der Waals surface area (Å²) in [6.45, 7) is 2.03. The van der Waals surface area contributed by atoms with Crippen molar-refractivity contribution < 1.29 is 13.5 Å². The van der Waals surface area contributed by atoms with Crippen LogP contribution in [0.25, 0.3) is 0 Å². The van der Waals surface area contributed by atoms with Gasteiger partial charge in [-0.1, -0.05) is 6.07 Å². The Morgan fingerprint density at radius 3 is 2.89 bits per heavy atom. The molecule has 0 amide bonds. The maximum Gasteiger partial charge on any atom is 0.134 e. The van der Waals surface area contributed by atoms with Crippen molar-refractivity contribution in [2.24, 2.45) is 5.92 Å². The molecule has 1 aromatic rings. The summed E-state index contributed by atoms with van der Waals surface area (Å²) >= 11 is 0. The van der Waals surface area contributed by atoms with Crippen molar-refractivity contribution in [2.75, 3.05) is 20.2 Å². The van der Waals surface area contributed by atoms with Crippen molar-refractivity contribution in [3.63, 3.8) is 0 Å². The summed E-state index contributed by atoms with van der Waals surface area (Å²) < 4.78 is 32.8. The van der Waals surface area contributed by atoms with Crippen LogP contribution in [-0.4, -0.2) is 20.2 Å². The van der Waals surface area contributed by atoms with E-state index in [1.807, 2.05) is 0 Å². The second-order valence-electron chi connectivity index (χ2n) is 4.85. The maximum absolute atomic E-state index is 14.1. The quantitative estimate of drug-likeness (QED) is 0.893. The molecule has 18 heavy (non-hydrogen) atoms. The molecule has 0 aliphatic carbocycles. The molecule has 1 N–H and O–H groups in total. The molecule has 0 saturated carbocycles. The Labute approximate surface area is 106 Å². The van der Waals surface area contributed by atoms with Crippen LogP contribution in [0.4, 0.5) is 8.78 Å². The molecule has 1 fully saturated rings. The lowest BCUT2D eigenvalue weighted by Crippen LogP contribution is -2.31. The monoisotopic (exact) mass is 255 g/mol. The summed E-state index contributed by atoms with van der Waals surface area (Å²) in [5.74, 6) is -0.569. The van der Waals surface area contributed by atoms with E-state index in [1.165, 1.54) is 19.2 Å². The van der Waals surface area contributed by atoms with Crippen LogP contribution in [0.1, 0.15) is 24.0 Å². The lowest BCUT2D eigenvalue weighted by atomic mass is 9.91. The minimum atomic E-state index is -0.446. The van der Waals surface area contributed by atoms with Gasteiger partial charge < -0.3 is 10.1 Å². The number of rotatable bonds is 4. The van der Waals surface area contributed by atoms with E-state index in [0.717, 1.165) is 25.9 Å². The molecule has 0 bridgehead atoms. The number of halogens is 2. The predicted octanol–water partition coefficient (Wildman–Crippen LogP) is 2.65. The van der Waals surface area contributed by atoms with Crippen molar-refractivity contribution in [2.45, 2.75) is 25.9 Å². The fraction of sp³-hybridized carbons (Fsp3) is 0.571. The number of ether oxygens (including phenoxy) is 1. The van der Waals surface area contributed by atoms with Crippen molar-refractivity contribution in [3.8, 4) is 0 Å². The Balaban J connectivity index is 2.17. The normalized spacial score (nSPS) is 20.1. The molecule has 1 aliphatic heterocycles. The van der Waals surface area contributed by atoms with Crippen molar-refractivity contribution in [1.29, 1.82) is 0 Å². The molecule has 1 aliphatic rings. The number of methoxy groups -OCH3 is 1. The molecule has 2 rings (SSSR count). The standard InChI is InChI=1S/C14H19F2NO/c1-18-9-11-4-5-13(15)12(14(11)16)7-10-3-2-6-17-8-10/h4-5,10,17H,2-3,6-9H2,1H3. The lowest BCUT2D eigenvalue weighted by molar-refractivity contribution is 0.181. The third-order valence-corrected chi connectivity index (χ3v) is 3.46. The first-order chi connectivity index (χ1) is 8.72. The summed E-state index contributed by atoms with van der Waals surface area (Å²) in [4.78, 5) is 0. The molecular weight excluding hydrogens is 236 g/mol. The molecule has 1 heterocycles. The Morgan fingerprint density at radius 1 is 1.39 bits per heavy atom. The minimum absolute atomic E-state index is 0.183. The topological polar surface area (TPSA) is 21.3 Å². The summed E-state index contributed by atoms with van der Waals surface area (Å²) in [7, 11) is 1.51. The molecule has 4 heteroatoms. The minimum Gasteiger partial charge on any atom is -0.380 e. The number of nitrogens with one attached hydrogen (secondary N) is 1. The van der Waals surface area contributed by atoms with Crippen molar-refractivity contribution in [1.82, 2.24) is 5.32 Å².